The van der Waals surface area contributed by atoms with Crippen molar-refractivity contribution < 1.29 is 0 Å². The van der Waals surface area contributed by atoms with Crippen LogP contribution in [0.5, 0.6) is 0 Å². The van der Waals surface area contributed by atoms with Gasteiger partial charge in [-0.25, -0.2) is 0 Å². The molecule has 0 aromatic heterocycles. The lowest BCUT2D eigenvalue weighted by Crippen LogP contribution is -2.61. The third kappa shape index (κ3) is 9.80. The van der Waals surface area contributed by atoms with Crippen molar-refractivity contribution in [1.82, 2.24) is 0 Å². The number of hydrogen-bond acceptors (Lipinski definition) is 2. The standard InChI is InChI=1S/C79H79BN2/c1-50-38-51(2)74(52(3)39-50)57-42-72-75-73(43-57)82(63-48-60(78(10,11)12)45-61(49-63)79(13,14)15)71-37-35-56(67-33-25-23-31-65(67)54-28-20-17-21-29-54)41-69(71)80(75)68-40-55(66-32-24-22-30-64(66)53-26-18-16-19-27-53)34-36-70(68)81(72)62-46-58(76(4,5)6)44-59(47-62)77(7,8)9/h16-49H,1-15H3. The molecule has 0 spiro atoms. The molecule has 2 heterocycles. The van der Waals surface area contributed by atoms with Gasteiger partial charge in [0.05, 0.1) is 0 Å². The predicted molar refractivity (Wildman–Crippen MR) is 357 cm³/mol. The zero-order valence-corrected chi connectivity index (χ0v) is 51.1. The summed E-state index contributed by atoms with van der Waals surface area (Å²) in [5.41, 5.74) is 32.0. The third-order valence-electron chi connectivity index (χ3n) is 17.5. The van der Waals surface area contributed by atoms with Gasteiger partial charge >= 0.3 is 0 Å². The van der Waals surface area contributed by atoms with Crippen molar-refractivity contribution in [3.8, 4) is 55.6 Å². The number of aryl methyl sites for hydroxylation is 3. The Balaban J connectivity index is 1.26. The van der Waals surface area contributed by atoms with E-state index in [9.17, 15) is 0 Å². The van der Waals surface area contributed by atoms with E-state index in [1.54, 1.807) is 0 Å². The number of nitrogens with zero attached hydrogens (tertiary/aromatic N) is 2. The predicted octanol–water partition coefficient (Wildman–Crippen LogP) is 20.2. The molecule has 0 bridgehead atoms. The lowest BCUT2D eigenvalue weighted by Gasteiger charge is -2.45. The summed E-state index contributed by atoms with van der Waals surface area (Å²) in [7, 11) is 0. The summed E-state index contributed by atoms with van der Waals surface area (Å²) in [6.07, 6.45) is 0. The molecule has 2 nitrogen and oxygen atoms in total. The molecule has 12 rings (SSSR count). The van der Waals surface area contributed by atoms with Crippen LogP contribution < -0.4 is 26.2 Å². The van der Waals surface area contributed by atoms with Crippen LogP contribution in [0.2, 0.25) is 0 Å². The van der Waals surface area contributed by atoms with Crippen LogP contribution in [-0.2, 0) is 21.7 Å². The lowest BCUT2D eigenvalue weighted by molar-refractivity contribution is 0.568. The molecule has 0 saturated heterocycles. The van der Waals surface area contributed by atoms with Crippen molar-refractivity contribution in [2.75, 3.05) is 9.80 Å². The number of hydrogen-bond donors (Lipinski definition) is 0. The van der Waals surface area contributed by atoms with Crippen LogP contribution in [0.4, 0.5) is 34.1 Å². The van der Waals surface area contributed by atoms with Crippen LogP contribution in [0, 0.1) is 20.8 Å². The van der Waals surface area contributed by atoms with Gasteiger partial charge in [-0.15, -0.1) is 0 Å². The molecule has 0 unspecified atom stereocenters. The fraction of sp³-hybridized carbons (Fsp3) is 0.241. The van der Waals surface area contributed by atoms with Gasteiger partial charge in [-0.1, -0.05) is 246 Å². The van der Waals surface area contributed by atoms with Gasteiger partial charge in [0, 0.05) is 34.1 Å². The second kappa shape index (κ2) is 20.1. The molecule has 0 amide bonds. The Hall–Kier alpha value is -8.14. The molecule has 10 aromatic carbocycles. The summed E-state index contributed by atoms with van der Waals surface area (Å²) in [5, 5.41) is 0. The highest BCUT2D eigenvalue weighted by atomic mass is 15.2. The van der Waals surface area contributed by atoms with Crippen LogP contribution >= 0.6 is 0 Å². The number of benzene rings is 10. The van der Waals surface area contributed by atoms with Crippen LogP contribution in [0.3, 0.4) is 0 Å². The van der Waals surface area contributed by atoms with Crippen molar-refractivity contribution in [1.29, 1.82) is 0 Å². The molecular weight excluding hydrogens is 988 g/mol. The highest BCUT2D eigenvalue weighted by Crippen LogP contribution is 2.50. The molecule has 0 saturated carbocycles. The average Bonchev–Trinajstić information content (AvgIpc) is 3.24. The van der Waals surface area contributed by atoms with Crippen molar-refractivity contribution >= 4 is 57.2 Å². The van der Waals surface area contributed by atoms with Crippen molar-refractivity contribution in [2.45, 2.75) is 126 Å². The van der Waals surface area contributed by atoms with Crippen molar-refractivity contribution in [3.05, 3.63) is 245 Å². The topological polar surface area (TPSA) is 6.48 Å². The Morgan fingerprint density at radius 1 is 0.293 bits per heavy atom. The van der Waals surface area contributed by atoms with Gasteiger partial charge in [0.1, 0.15) is 0 Å². The normalized spacial score (nSPS) is 13.2. The number of anilines is 6. The lowest BCUT2D eigenvalue weighted by atomic mass is 9.33. The second-order valence-electron chi connectivity index (χ2n) is 27.7. The molecule has 10 aromatic rings. The highest BCUT2D eigenvalue weighted by molar-refractivity contribution is 7.00. The van der Waals surface area contributed by atoms with Crippen LogP contribution in [0.1, 0.15) is 122 Å². The molecule has 2 aliphatic rings. The first-order chi connectivity index (χ1) is 38.9. The number of rotatable bonds is 7. The molecule has 3 heteroatoms. The van der Waals surface area contributed by atoms with Gasteiger partial charge in [-0.3, -0.25) is 0 Å². The zero-order valence-electron chi connectivity index (χ0n) is 51.1. The van der Waals surface area contributed by atoms with E-state index >= 15 is 0 Å². The summed E-state index contributed by atoms with van der Waals surface area (Å²) in [6.45, 7) is 35.0. The maximum Gasteiger partial charge on any atom is 0.252 e. The second-order valence-corrected chi connectivity index (χ2v) is 27.7. The van der Waals surface area contributed by atoms with E-state index < -0.39 is 0 Å². The summed E-state index contributed by atoms with van der Waals surface area (Å²) in [4.78, 5) is 5.32. The quantitative estimate of drug-likeness (QED) is 0.147. The fourth-order valence-electron chi connectivity index (χ4n) is 13.1. The average molecular weight is 1070 g/mol. The molecule has 0 aliphatic carbocycles. The van der Waals surface area contributed by atoms with Gasteiger partial charge in [0.15, 0.2) is 0 Å². The van der Waals surface area contributed by atoms with E-state index in [1.165, 1.54) is 145 Å². The monoisotopic (exact) mass is 1070 g/mol. The van der Waals surface area contributed by atoms with E-state index in [4.69, 9.17) is 0 Å². The van der Waals surface area contributed by atoms with E-state index in [-0.39, 0.29) is 28.4 Å². The molecule has 82 heavy (non-hydrogen) atoms. The Kier molecular flexibility index (Phi) is 13.3. The van der Waals surface area contributed by atoms with Gasteiger partial charge in [-0.2, -0.15) is 0 Å². The maximum atomic E-state index is 2.66. The SMILES string of the molecule is Cc1cc(C)c(-c2cc3c4c(c2)N(c2cc(C(C)(C)C)cc(C(C)(C)C)c2)c2ccc(-c5ccccc5-c5ccccc5)cc2B4c2cc(-c4ccccc4-c4ccccc4)ccc2N3c2cc(C(C)(C)C)cc(C(C)(C)C)c2)c(C)c1. The first kappa shape index (κ1) is 54.5. The van der Waals surface area contributed by atoms with Crippen molar-refractivity contribution in [2.24, 2.45) is 0 Å². The van der Waals surface area contributed by atoms with Gasteiger partial charge in [0.2, 0.25) is 0 Å². The highest BCUT2D eigenvalue weighted by Gasteiger charge is 2.45. The Labute approximate surface area is 490 Å². The van der Waals surface area contributed by atoms with Gasteiger partial charge in [0.25, 0.3) is 6.71 Å². The molecule has 0 atom stereocenters. The molecule has 2 aliphatic heterocycles. The molecule has 0 N–H and O–H groups in total. The minimum Gasteiger partial charge on any atom is -0.311 e. The summed E-state index contributed by atoms with van der Waals surface area (Å²) in [5.74, 6) is 0. The minimum atomic E-state index is -0.148. The van der Waals surface area contributed by atoms with Gasteiger partial charge < -0.3 is 9.80 Å². The van der Waals surface area contributed by atoms with Crippen LogP contribution in [0.15, 0.2) is 206 Å². The van der Waals surface area contributed by atoms with E-state index in [0.717, 1.165) is 0 Å². The largest absolute Gasteiger partial charge is 0.311 e. The molecule has 408 valence electrons. The molecule has 0 fully saturated rings. The fourth-order valence-corrected chi connectivity index (χ4v) is 13.1. The Morgan fingerprint density at radius 3 is 0.963 bits per heavy atom. The first-order valence-electron chi connectivity index (χ1n) is 29.7. The Morgan fingerprint density at radius 2 is 0.622 bits per heavy atom. The van der Waals surface area contributed by atoms with E-state index in [0.29, 0.717) is 0 Å². The van der Waals surface area contributed by atoms with Gasteiger partial charge in [-0.05, 0) is 196 Å². The summed E-state index contributed by atoms with van der Waals surface area (Å²) in [6, 6.07) is 79.3. The van der Waals surface area contributed by atoms with Crippen LogP contribution in [-0.4, -0.2) is 6.71 Å². The first-order valence-corrected chi connectivity index (χ1v) is 29.7. The van der Waals surface area contributed by atoms with Crippen LogP contribution in [0.25, 0.3) is 55.6 Å². The third-order valence-corrected chi connectivity index (χ3v) is 17.5. The zero-order chi connectivity index (χ0) is 57.8. The van der Waals surface area contributed by atoms with E-state index in [2.05, 4.69) is 320 Å². The summed E-state index contributed by atoms with van der Waals surface area (Å²) >= 11 is 0. The molecular formula is C79H79BN2. The maximum absolute atomic E-state index is 2.66. The smallest absolute Gasteiger partial charge is 0.252 e. The molecule has 0 radical (unpaired) electrons. The van der Waals surface area contributed by atoms with Crippen molar-refractivity contribution in [3.63, 3.8) is 0 Å². The number of fused-ring (bicyclic) bond motifs is 4. The van der Waals surface area contributed by atoms with E-state index in [1.807, 2.05) is 0 Å². The summed E-state index contributed by atoms with van der Waals surface area (Å²) < 4.78 is 0. The Bertz CT molecular complexity index is 3790. The minimum absolute atomic E-state index is 0.107.